The van der Waals surface area contributed by atoms with Crippen LogP contribution < -0.4 is 5.32 Å². The monoisotopic (exact) mass is 291 g/mol. The quantitative estimate of drug-likeness (QED) is 0.907. The number of carbonyl (C=O) groups excluding carboxylic acids is 1. The number of nitrogens with one attached hydrogen (secondary N) is 1. The van der Waals surface area contributed by atoms with Crippen molar-refractivity contribution in [3.8, 4) is 11.1 Å². The van der Waals surface area contributed by atoms with Gasteiger partial charge in [0, 0.05) is 10.6 Å². The number of rotatable bonds is 3. The lowest BCUT2D eigenvalue weighted by molar-refractivity contribution is -0.139. The van der Waals surface area contributed by atoms with E-state index in [9.17, 15) is 9.59 Å². The summed E-state index contributed by atoms with van der Waals surface area (Å²) in [6, 6.07) is 6.32. The predicted molar refractivity (Wildman–Crippen MR) is 72.6 cm³/mol. The molecule has 1 aromatic heterocycles. The SMILES string of the molecule is O=C(O)CC1C(=O)Nc2c(-c3ccc(Cl)cc3)cnn21. The Morgan fingerprint density at radius 2 is 2.10 bits per heavy atom. The third kappa shape index (κ3) is 2.04. The first-order valence-electron chi connectivity index (χ1n) is 5.92. The Kier molecular flexibility index (Phi) is 2.94. The summed E-state index contributed by atoms with van der Waals surface area (Å²) in [5.41, 5.74) is 1.59. The van der Waals surface area contributed by atoms with Gasteiger partial charge < -0.3 is 10.4 Å². The third-order valence-electron chi connectivity index (χ3n) is 3.16. The van der Waals surface area contributed by atoms with Gasteiger partial charge in [-0.2, -0.15) is 5.10 Å². The molecule has 0 bridgehead atoms. The number of hydrogen-bond donors (Lipinski definition) is 2. The van der Waals surface area contributed by atoms with Crippen molar-refractivity contribution < 1.29 is 14.7 Å². The van der Waals surface area contributed by atoms with Crippen LogP contribution in [0.4, 0.5) is 5.82 Å². The minimum atomic E-state index is -1.04. The number of benzene rings is 1. The lowest BCUT2D eigenvalue weighted by atomic mass is 10.1. The number of nitrogens with zero attached hydrogens (tertiary/aromatic N) is 2. The molecule has 0 fully saturated rings. The minimum Gasteiger partial charge on any atom is -0.481 e. The summed E-state index contributed by atoms with van der Waals surface area (Å²) in [6.45, 7) is 0. The fraction of sp³-hybridized carbons (Fsp3) is 0.154. The lowest BCUT2D eigenvalue weighted by Gasteiger charge is -2.04. The highest BCUT2D eigenvalue weighted by Gasteiger charge is 2.34. The molecule has 3 rings (SSSR count). The van der Waals surface area contributed by atoms with Gasteiger partial charge >= 0.3 is 5.97 Å². The van der Waals surface area contributed by atoms with Crippen LogP contribution >= 0.6 is 11.6 Å². The van der Waals surface area contributed by atoms with Gasteiger partial charge in [-0.05, 0) is 17.7 Å². The van der Waals surface area contributed by atoms with Crippen molar-refractivity contribution in [3.05, 3.63) is 35.5 Å². The van der Waals surface area contributed by atoms with Gasteiger partial charge in [-0.1, -0.05) is 23.7 Å². The van der Waals surface area contributed by atoms with E-state index < -0.39 is 12.0 Å². The first-order chi connectivity index (χ1) is 9.56. The second kappa shape index (κ2) is 4.64. The molecule has 2 aromatic rings. The van der Waals surface area contributed by atoms with Crippen LogP contribution in [-0.2, 0) is 9.59 Å². The van der Waals surface area contributed by atoms with E-state index in [1.165, 1.54) is 4.68 Å². The van der Waals surface area contributed by atoms with Gasteiger partial charge in [0.2, 0.25) is 0 Å². The summed E-state index contributed by atoms with van der Waals surface area (Å²) in [7, 11) is 0. The molecule has 0 aliphatic carbocycles. The molecule has 0 saturated carbocycles. The Bertz CT molecular complexity index is 693. The van der Waals surface area contributed by atoms with Crippen molar-refractivity contribution in [1.82, 2.24) is 9.78 Å². The van der Waals surface area contributed by atoms with E-state index in [1.807, 2.05) is 12.1 Å². The number of carboxylic acid groups (broad SMARTS) is 1. The summed E-state index contributed by atoms with van der Waals surface area (Å²) in [4.78, 5) is 22.6. The number of amides is 1. The van der Waals surface area contributed by atoms with E-state index in [-0.39, 0.29) is 12.3 Å². The van der Waals surface area contributed by atoms with Crippen LogP contribution in [0.3, 0.4) is 0 Å². The third-order valence-corrected chi connectivity index (χ3v) is 3.41. The molecule has 1 aliphatic rings. The molecule has 1 aliphatic heterocycles. The standard InChI is InChI=1S/C13H10ClN3O3/c14-8-3-1-7(2-4-8)9-6-15-17-10(5-11(18)19)13(20)16-12(9)17/h1-4,6,10H,5H2,(H,16,20)(H,18,19). The molecule has 2 N–H and O–H groups in total. The highest BCUT2D eigenvalue weighted by atomic mass is 35.5. The number of anilines is 1. The summed E-state index contributed by atoms with van der Waals surface area (Å²) < 4.78 is 1.42. The minimum absolute atomic E-state index is 0.291. The maximum Gasteiger partial charge on any atom is 0.306 e. The zero-order valence-electron chi connectivity index (χ0n) is 10.2. The molecule has 102 valence electrons. The predicted octanol–water partition coefficient (Wildman–Crippen LogP) is 2.17. The van der Waals surface area contributed by atoms with Gasteiger partial charge in [0.15, 0.2) is 0 Å². The Balaban J connectivity index is 2.00. The van der Waals surface area contributed by atoms with E-state index in [0.717, 1.165) is 11.1 Å². The van der Waals surface area contributed by atoms with E-state index in [1.54, 1.807) is 18.3 Å². The number of halogens is 1. The summed E-state index contributed by atoms with van der Waals surface area (Å²) >= 11 is 5.84. The van der Waals surface area contributed by atoms with E-state index in [0.29, 0.717) is 10.8 Å². The zero-order chi connectivity index (χ0) is 14.3. The van der Waals surface area contributed by atoms with Crippen LogP contribution in [-0.4, -0.2) is 26.8 Å². The maximum absolute atomic E-state index is 11.8. The molecular formula is C13H10ClN3O3. The van der Waals surface area contributed by atoms with E-state index >= 15 is 0 Å². The largest absolute Gasteiger partial charge is 0.481 e. The molecule has 20 heavy (non-hydrogen) atoms. The average Bonchev–Trinajstić information content (AvgIpc) is 2.91. The van der Waals surface area contributed by atoms with Gasteiger partial charge in [-0.25, -0.2) is 4.68 Å². The molecule has 1 aromatic carbocycles. The molecule has 6 nitrogen and oxygen atoms in total. The van der Waals surface area contributed by atoms with Crippen molar-refractivity contribution in [3.63, 3.8) is 0 Å². The number of aromatic nitrogens is 2. The van der Waals surface area contributed by atoms with Gasteiger partial charge in [0.1, 0.15) is 11.9 Å². The Labute approximate surface area is 119 Å². The van der Waals surface area contributed by atoms with E-state index in [2.05, 4.69) is 10.4 Å². The number of carboxylic acids is 1. The van der Waals surface area contributed by atoms with Crippen LogP contribution in [0.2, 0.25) is 5.02 Å². The smallest absolute Gasteiger partial charge is 0.306 e. The molecule has 7 heteroatoms. The van der Waals surface area contributed by atoms with Gasteiger partial charge in [-0.3, -0.25) is 9.59 Å². The topological polar surface area (TPSA) is 84.2 Å². The van der Waals surface area contributed by atoms with Gasteiger partial charge in [0.25, 0.3) is 5.91 Å². The second-order valence-electron chi connectivity index (χ2n) is 4.46. The molecule has 0 spiro atoms. The van der Waals surface area contributed by atoms with Gasteiger partial charge in [0.05, 0.1) is 12.6 Å². The van der Waals surface area contributed by atoms with Gasteiger partial charge in [-0.15, -0.1) is 0 Å². The Morgan fingerprint density at radius 3 is 2.75 bits per heavy atom. The summed E-state index contributed by atoms with van der Waals surface area (Å²) in [6.07, 6.45) is 1.31. The van der Waals surface area contributed by atoms with Crippen LogP contribution in [0.25, 0.3) is 11.1 Å². The number of fused-ring (bicyclic) bond motifs is 1. The maximum atomic E-state index is 11.8. The zero-order valence-corrected chi connectivity index (χ0v) is 11.0. The van der Waals surface area contributed by atoms with Crippen LogP contribution in [0.5, 0.6) is 0 Å². The first-order valence-corrected chi connectivity index (χ1v) is 6.30. The van der Waals surface area contributed by atoms with Crippen LogP contribution in [0, 0.1) is 0 Å². The van der Waals surface area contributed by atoms with E-state index in [4.69, 9.17) is 16.7 Å². The Morgan fingerprint density at radius 1 is 1.40 bits per heavy atom. The van der Waals surface area contributed by atoms with Crippen molar-refractivity contribution in [1.29, 1.82) is 0 Å². The first kappa shape index (κ1) is 12.7. The summed E-state index contributed by atoms with van der Waals surface area (Å²) in [5, 5.41) is 16.2. The molecule has 1 unspecified atom stereocenters. The molecule has 2 heterocycles. The van der Waals surface area contributed by atoms with Crippen molar-refractivity contribution >= 4 is 29.3 Å². The lowest BCUT2D eigenvalue weighted by Crippen LogP contribution is -2.19. The number of hydrogen-bond acceptors (Lipinski definition) is 3. The average molecular weight is 292 g/mol. The van der Waals surface area contributed by atoms with Crippen molar-refractivity contribution in [2.24, 2.45) is 0 Å². The fourth-order valence-electron chi connectivity index (χ4n) is 2.22. The van der Waals surface area contributed by atoms with Crippen molar-refractivity contribution in [2.75, 3.05) is 5.32 Å². The molecule has 0 saturated heterocycles. The summed E-state index contributed by atoms with van der Waals surface area (Å²) in [5.74, 6) is -0.879. The molecule has 0 radical (unpaired) electrons. The van der Waals surface area contributed by atoms with Crippen LogP contribution in [0.15, 0.2) is 30.5 Å². The van der Waals surface area contributed by atoms with Crippen LogP contribution in [0.1, 0.15) is 12.5 Å². The second-order valence-corrected chi connectivity index (χ2v) is 4.90. The van der Waals surface area contributed by atoms with Crippen molar-refractivity contribution in [2.45, 2.75) is 12.5 Å². The number of aliphatic carboxylic acids is 1. The Hall–Kier alpha value is -2.34. The fourth-order valence-corrected chi connectivity index (χ4v) is 2.35. The normalized spacial score (nSPS) is 16.9. The number of carbonyl (C=O) groups is 2. The highest BCUT2D eigenvalue weighted by Crippen LogP contribution is 2.35. The molecule has 1 amide bonds. The highest BCUT2D eigenvalue weighted by molar-refractivity contribution is 6.30. The molecule has 1 atom stereocenters. The molecular weight excluding hydrogens is 282 g/mol.